The average molecular weight is 287 g/mol. The fourth-order valence-electron chi connectivity index (χ4n) is 2.42. The third kappa shape index (κ3) is 2.90. The van der Waals surface area contributed by atoms with Gasteiger partial charge in [-0.25, -0.2) is 0 Å². The molecular formula is C16H22BNO3. The molecule has 0 bridgehead atoms. The number of hydrogen-bond acceptors (Lipinski definition) is 4. The SMILES string of the molecule is CC1(C)OB(c2cncc(C(=O)CC3CC3)c2)OC1(C)C. The van der Waals surface area contributed by atoms with Crippen LogP contribution in [0.2, 0.25) is 0 Å². The van der Waals surface area contributed by atoms with Crippen LogP contribution in [0.3, 0.4) is 0 Å². The highest BCUT2D eigenvalue weighted by atomic mass is 16.7. The number of aromatic nitrogens is 1. The second kappa shape index (κ2) is 4.92. The van der Waals surface area contributed by atoms with Gasteiger partial charge in [0.05, 0.1) is 11.2 Å². The van der Waals surface area contributed by atoms with E-state index < -0.39 is 7.12 Å². The van der Waals surface area contributed by atoms with Gasteiger partial charge in [-0.05, 0) is 52.5 Å². The topological polar surface area (TPSA) is 48.4 Å². The molecule has 0 atom stereocenters. The van der Waals surface area contributed by atoms with E-state index in [1.54, 1.807) is 12.4 Å². The fraction of sp³-hybridized carbons (Fsp3) is 0.625. The zero-order valence-electron chi connectivity index (χ0n) is 13.2. The highest BCUT2D eigenvalue weighted by Crippen LogP contribution is 2.36. The molecule has 0 radical (unpaired) electrons. The van der Waals surface area contributed by atoms with Gasteiger partial charge in [0.1, 0.15) is 0 Å². The van der Waals surface area contributed by atoms with Gasteiger partial charge in [-0.3, -0.25) is 9.78 Å². The van der Waals surface area contributed by atoms with Gasteiger partial charge in [0.25, 0.3) is 0 Å². The van der Waals surface area contributed by atoms with Crippen LogP contribution in [0.25, 0.3) is 0 Å². The zero-order chi connectivity index (χ0) is 15.3. The smallest absolute Gasteiger partial charge is 0.399 e. The van der Waals surface area contributed by atoms with E-state index in [1.807, 2.05) is 33.8 Å². The molecule has 2 aliphatic rings. The summed E-state index contributed by atoms with van der Waals surface area (Å²) in [6, 6.07) is 1.86. The Morgan fingerprint density at radius 2 is 1.86 bits per heavy atom. The standard InChI is InChI=1S/C16H22BNO3/c1-15(2)16(3,4)21-17(20-15)13-8-12(9-18-10-13)14(19)7-11-5-6-11/h8-11H,5-7H2,1-4H3. The summed E-state index contributed by atoms with van der Waals surface area (Å²) < 4.78 is 12.0. The lowest BCUT2D eigenvalue weighted by Crippen LogP contribution is -2.41. The molecular weight excluding hydrogens is 265 g/mol. The minimum Gasteiger partial charge on any atom is -0.399 e. The molecule has 0 unspecified atom stereocenters. The molecule has 2 fully saturated rings. The van der Waals surface area contributed by atoms with Gasteiger partial charge in [-0.15, -0.1) is 0 Å². The van der Waals surface area contributed by atoms with Crippen LogP contribution in [-0.2, 0) is 9.31 Å². The minimum atomic E-state index is -0.462. The van der Waals surface area contributed by atoms with E-state index in [-0.39, 0.29) is 17.0 Å². The summed E-state index contributed by atoms with van der Waals surface area (Å²) in [6.45, 7) is 8.07. The van der Waals surface area contributed by atoms with Crippen LogP contribution in [0, 0.1) is 5.92 Å². The number of pyridine rings is 1. The predicted molar refractivity (Wildman–Crippen MR) is 81.6 cm³/mol. The number of nitrogens with zero attached hydrogens (tertiary/aromatic N) is 1. The number of hydrogen-bond donors (Lipinski definition) is 0. The first-order valence-corrected chi connectivity index (χ1v) is 7.62. The first-order valence-electron chi connectivity index (χ1n) is 7.62. The van der Waals surface area contributed by atoms with Gasteiger partial charge in [-0.1, -0.05) is 0 Å². The van der Waals surface area contributed by atoms with E-state index in [9.17, 15) is 4.79 Å². The third-order valence-corrected chi connectivity index (χ3v) is 4.78. The first-order chi connectivity index (χ1) is 9.78. The number of rotatable bonds is 4. The van der Waals surface area contributed by atoms with Crippen molar-refractivity contribution < 1.29 is 14.1 Å². The Balaban J connectivity index is 1.79. The molecule has 1 aromatic heterocycles. The summed E-state index contributed by atoms with van der Waals surface area (Å²) >= 11 is 0. The molecule has 1 aliphatic heterocycles. The summed E-state index contributed by atoms with van der Waals surface area (Å²) in [4.78, 5) is 16.4. The van der Waals surface area contributed by atoms with Gasteiger partial charge in [0.15, 0.2) is 5.78 Å². The maximum absolute atomic E-state index is 12.2. The Morgan fingerprint density at radius 3 is 2.43 bits per heavy atom. The third-order valence-electron chi connectivity index (χ3n) is 4.78. The van der Waals surface area contributed by atoms with Crippen molar-refractivity contribution in [3.8, 4) is 0 Å². The Bertz CT molecular complexity index is 550. The summed E-state index contributed by atoms with van der Waals surface area (Å²) in [6.07, 6.45) is 6.34. The van der Waals surface area contributed by atoms with Crippen molar-refractivity contribution in [3.63, 3.8) is 0 Å². The number of ketones is 1. The maximum Gasteiger partial charge on any atom is 0.496 e. The molecule has 0 aromatic carbocycles. The molecule has 112 valence electrons. The highest BCUT2D eigenvalue weighted by molar-refractivity contribution is 6.62. The molecule has 0 amide bonds. The summed E-state index contributed by atoms with van der Waals surface area (Å²) in [7, 11) is -0.462. The maximum atomic E-state index is 12.2. The quantitative estimate of drug-likeness (QED) is 0.630. The van der Waals surface area contributed by atoms with Crippen molar-refractivity contribution in [1.29, 1.82) is 0 Å². The highest BCUT2D eigenvalue weighted by Gasteiger charge is 2.51. The van der Waals surface area contributed by atoms with Gasteiger partial charge >= 0.3 is 7.12 Å². The lowest BCUT2D eigenvalue weighted by molar-refractivity contribution is 0.00578. The molecule has 0 spiro atoms. The fourth-order valence-corrected chi connectivity index (χ4v) is 2.42. The van der Waals surface area contributed by atoms with Crippen molar-refractivity contribution in [2.45, 2.75) is 58.2 Å². The molecule has 1 aliphatic carbocycles. The van der Waals surface area contributed by atoms with E-state index in [2.05, 4.69) is 4.98 Å². The summed E-state index contributed by atoms with van der Waals surface area (Å²) in [5, 5.41) is 0. The Morgan fingerprint density at radius 1 is 1.24 bits per heavy atom. The Labute approximate surface area is 126 Å². The van der Waals surface area contributed by atoms with Gasteiger partial charge in [0, 0.05) is 29.8 Å². The molecule has 0 N–H and O–H groups in total. The van der Waals surface area contributed by atoms with Crippen LogP contribution in [0.4, 0.5) is 0 Å². The monoisotopic (exact) mass is 287 g/mol. The minimum absolute atomic E-state index is 0.170. The Kier molecular flexibility index (Phi) is 3.45. The summed E-state index contributed by atoms with van der Waals surface area (Å²) in [5.41, 5.74) is 0.710. The second-order valence-corrected chi connectivity index (χ2v) is 7.17. The summed E-state index contributed by atoms with van der Waals surface area (Å²) in [5.74, 6) is 0.751. The number of carbonyl (C=O) groups excluding carboxylic acids is 1. The van der Waals surface area contributed by atoms with E-state index >= 15 is 0 Å². The Hall–Kier alpha value is -1.20. The van der Waals surface area contributed by atoms with Crippen LogP contribution >= 0.6 is 0 Å². The first kappa shape index (κ1) is 14.7. The predicted octanol–water partition coefficient (Wildman–Crippen LogP) is 2.36. The van der Waals surface area contributed by atoms with Gasteiger partial charge in [-0.2, -0.15) is 0 Å². The van der Waals surface area contributed by atoms with Gasteiger partial charge in [0.2, 0.25) is 0 Å². The van der Waals surface area contributed by atoms with Crippen LogP contribution < -0.4 is 5.46 Å². The molecule has 1 saturated carbocycles. The van der Waals surface area contributed by atoms with E-state index in [0.717, 1.165) is 5.46 Å². The molecule has 1 saturated heterocycles. The van der Waals surface area contributed by atoms with Crippen LogP contribution in [0.5, 0.6) is 0 Å². The number of carbonyl (C=O) groups is 1. The lowest BCUT2D eigenvalue weighted by atomic mass is 9.79. The lowest BCUT2D eigenvalue weighted by Gasteiger charge is -2.32. The normalized spacial score (nSPS) is 23.3. The van der Waals surface area contributed by atoms with E-state index in [1.165, 1.54) is 12.8 Å². The molecule has 1 aromatic rings. The van der Waals surface area contributed by atoms with Crippen molar-refractivity contribution in [2.24, 2.45) is 5.92 Å². The average Bonchev–Trinajstić information content (AvgIpc) is 3.17. The number of Topliss-reactive ketones (excluding diaryl/α,β-unsaturated/α-hetero) is 1. The molecule has 21 heavy (non-hydrogen) atoms. The van der Waals surface area contributed by atoms with Crippen LogP contribution in [0.15, 0.2) is 18.5 Å². The van der Waals surface area contributed by atoms with E-state index in [4.69, 9.17) is 9.31 Å². The van der Waals surface area contributed by atoms with Crippen LogP contribution in [-0.4, -0.2) is 29.1 Å². The largest absolute Gasteiger partial charge is 0.496 e. The van der Waals surface area contributed by atoms with Crippen molar-refractivity contribution in [2.75, 3.05) is 0 Å². The molecule has 3 rings (SSSR count). The second-order valence-electron chi connectivity index (χ2n) is 7.17. The molecule has 5 heteroatoms. The van der Waals surface area contributed by atoms with E-state index in [0.29, 0.717) is 17.9 Å². The van der Waals surface area contributed by atoms with Gasteiger partial charge < -0.3 is 9.31 Å². The van der Waals surface area contributed by atoms with Crippen molar-refractivity contribution >= 4 is 18.4 Å². The van der Waals surface area contributed by atoms with Crippen molar-refractivity contribution in [3.05, 3.63) is 24.0 Å². The van der Waals surface area contributed by atoms with Crippen LogP contribution in [0.1, 0.15) is 57.3 Å². The molecule has 2 heterocycles. The van der Waals surface area contributed by atoms with Crippen molar-refractivity contribution in [1.82, 2.24) is 4.98 Å². The molecule has 4 nitrogen and oxygen atoms in total. The zero-order valence-corrected chi connectivity index (χ0v) is 13.2.